The molecule has 0 saturated heterocycles. The minimum absolute atomic E-state index is 0.0462. The average Bonchev–Trinajstić information content (AvgIpc) is 2.73. The van der Waals surface area contributed by atoms with Crippen molar-refractivity contribution in [1.82, 2.24) is 0 Å². The Morgan fingerprint density at radius 3 is 2.43 bits per heavy atom. The largest absolute Gasteiger partial charge is 0.459 e. The lowest BCUT2D eigenvalue weighted by molar-refractivity contribution is -0.170. The first-order valence-corrected chi connectivity index (χ1v) is 9.82. The van der Waals surface area contributed by atoms with Gasteiger partial charge >= 0.3 is 11.9 Å². The van der Waals surface area contributed by atoms with Gasteiger partial charge in [0.15, 0.2) is 5.78 Å². The van der Waals surface area contributed by atoms with Crippen molar-refractivity contribution in [3.63, 3.8) is 0 Å². The maximum absolute atomic E-state index is 12.5. The van der Waals surface area contributed by atoms with Crippen LogP contribution in [0.25, 0.3) is 0 Å². The standard InChI is InChI=1S/C22H32O6/c1-8-12(2)20(25)27-19-9-13(3)22(26)11-18(24)14(4)16(22)10-17(19)21(6,7)28-15(5)23/h8,13,17,19,26H,9-11H2,1-7H3/b12-8-/t13-,17-,19+,22+/m0/s1. The minimum atomic E-state index is -1.25. The average molecular weight is 392 g/mol. The summed E-state index contributed by atoms with van der Waals surface area (Å²) in [5.41, 5.74) is -0.455. The number of rotatable bonds is 4. The highest BCUT2D eigenvalue weighted by atomic mass is 16.6. The van der Waals surface area contributed by atoms with Gasteiger partial charge in [0.2, 0.25) is 0 Å². The zero-order valence-corrected chi connectivity index (χ0v) is 17.9. The Morgan fingerprint density at radius 2 is 1.89 bits per heavy atom. The van der Waals surface area contributed by atoms with E-state index in [0.29, 0.717) is 29.6 Å². The molecule has 4 atom stereocenters. The molecule has 1 saturated carbocycles. The van der Waals surface area contributed by atoms with Gasteiger partial charge in [-0.2, -0.15) is 0 Å². The number of fused-ring (bicyclic) bond motifs is 1. The molecule has 0 aromatic heterocycles. The number of ether oxygens (including phenoxy) is 2. The predicted octanol–water partition coefficient (Wildman–Crippen LogP) is 3.27. The van der Waals surface area contributed by atoms with Crippen molar-refractivity contribution in [3.05, 3.63) is 22.8 Å². The number of esters is 2. The van der Waals surface area contributed by atoms with Crippen molar-refractivity contribution in [3.8, 4) is 0 Å². The summed E-state index contributed by atoms with van der Waals surface area (Å²) in [6.07, 6.45) is 1.87. The number of Topliss-reactive ketones (excluding diaryl/α,β-unsaturated/α-hetero) is 1. The Bertz CT molecular complexity index is 744. The van der Waals surface area contributed by atoms with Crippen molar-refractivity contribution in [1.29, 1.82) is 0 Å². The lowest BCUT2D eigenvalue weighted by Crippen LogP contribution is -2.44. The van der Waals surface area contributed by atoms with Crippen molar-refractivity contribution in [2.45, 2.75) is 85.0 Å². The molecule has 0 unspecified atom stereocenters. The molecule has 0 aliphatic heterocycles. The van der Waals surface area contributed by atoms with E-state index < -0.39 is 35.2 Å². The van der Waals surface area contributed by atoms with Gasteiger partial charge in [-0.1, -0.05) is 13.0 Å². The molecule has 0 radical (unpaired) electrons. The lowest BCUT2D eigenvalue weighted by Gasteiger charge is -2.38. The van der Waals surface area contributed by atoms with Crippen LogP contribution in [0, 0.1) is 11.8 Å². The molecule has 1 N–H and O–H groups in total. The van der Waals surface area contributed by atoms with Gasteiger partial charge in [-0.15, -0.1) is 0 Å². The van der Waals surface area contributed by atoms with Crippen LogP contribution in [0.3, 0.4) is 0 Å². The topological polar surface area (TPSA) is 89.9 Å². The molecule has 0 amide bonds. The van der Waals surface area contributed by atoms with Gasteiger partial charge in [-0.25, -0.2) is 4.79 Å². The summed E-state index contributed by atoms with van der Waals surface area (Å²) in [6.45, 7) is 12.0. The summed E-state index contributed by atoms with van der Waals surface area (Å²) in [5, 5.41) is 11.3. The molecule has 0 bridgehead atoms. The molecule has 0 heterocycles. The third-order valence-corrected chi connectivity index (χ3v) is 6.41. The number of hydrogen-bond donors (Lipinski definition) is 1. The Balaban J connectivity index is 2.51. The van der Waals surface area contributed by atoms with E-state index in [-0.39, 0.29) is 18.1 Å². The van der Waals surface area contributed by atoms with Gasteiger partial charge in [0.05, 0.1) is 5.60 Å². The van der Waals surface area contributed by atoms with Crippen LogP contribution >= 0.6 is 0 Å². The number of allylic oxidation sites excluding steroid dienone is 2. The molecule has 28 heavy (non-hydrogen) atoms. The zero-order valence-electron chi connectivity index (χ0n) is 17.9. The van der Waals surface area contributed by atoms with E-state index in [1.165, 1.54) is 6.92 Å². The summed E-state index contributed by atoms with van der Waals surface area (Å²) >= 11 is 0. The molecule has 1 fully saturated rings. The quantitative estimate of drug-likeness (QED) is 0.583. The van der Waals surface area contributed by atoms with E-state index in [0.717, 1.165) is 0 Å². The number of ketones is 1. The molecule has 156 valence electrons. The summed E-state index contributed by atoms with van der Waals surface area (Å²) in [5.74, 6) is -1.60. The molecule has 0 aromatic carbocycles. The van der Waals surface area contributed by atoms with Gasteiger partial charge < -0.3 is 14.6 Å². The first-order chi connectivity index (χ1) is 12.8. The monoisotopic (exact) mass is 392 g/mol. The maximum Gasteiger partial charge on any atom is 0.333 e. The van der Waals surface area contributed by atoms with Gasteiger partial charge in [0.25, 0.3) is 0 Å². The molecule has 6 nitrogen and oxygen atoms in total. The first kappa shape index (κ1) is 22.3. The van der Waals surface area contributed by atoms with Crippen LogP contribution in [0.2, 0.25) is 0 Å². The Kier molecular flexibility index (Phi) is 6.24. The third kappa shape index (κ3) is 4.07. The summed E-state index contributed by atoms with van der Waals surface area (Å²) in [6, 6.07) is 0. The molecule has 6 heteroatoms. The highest BCUT2D eigenvalue weighted by molar-refractivity contribution is 6.00. The molecule has 0 spiro atoms. The first-order valence-electron chi connectivity index (χ1n) is 9.82. The fourth-order valence-electron chi connectivity index (χ4n) is 4.46. The highest BCUT2D eigenvalue weighted by Gasteiger charge is 2.54. The predicted molar refractivity (Wildman–Crippen MR) is 104 cm³/mol. The van der Waals surface area contributed by atoms with Crippen molar-refractivity contribution < 1.29 is 29.0 Å². The second kappa shape index (κ2) is 7.82. The van der Waals surface area contributed by atoms with Crippen LogP contribution in [0.5, 0.6) is 0 Å². The van der Waals surface area contributed by atoms with Gasteiger partial charge in [0, 0.05) is 24.8 Å². The maximum atomic E-state index is 12.5. The normalized spacial score (nSPS) is 31.4. The van der Waals surface area contributed by atoms with Crippen molar-refractivity contribution in [2.24, 2.45) is 11.8 Å². The van der Waals surface area contributed by atoms with Gasteiger partial charge in [-0.05, 0) is 64.5 Å². The molecule has 2 aliphatic rings. The van der Waals surface area contributed by atoms with E-state index in [9.17, 15) is 19.5 Å². The zero-order chi connectivity index (χ0) is 21.4. The number of hydrogen-bond acceptors (Lipinski definition) is 6. The van der Waals surface area contributed by atoms with E-state index >= 15 is 0 Å². The fourth-order valence-corrected chi connectivity index (χ4v) is 4.46. The van der Waals surface area contributed by atoms with Crippen LogP contribution in [-0.2, 0) is 23.9 Å². The van der Waals surface area contributed by atoms with Crippen LogP contribution in [0.15, 0.2) is 22.8 Å². The van der Waals surface area contributed by atoms with Crippen LogP contribution in [0.4, 0.5) is 0 Å². The van der Waals surface area contributed by atoms with Crippen LogP contribution < -0.4 is 0 Å². The lowest BCUT2D eigenvalue weighted by atomic mass is 9.80. The van der Waals surface area contributed by atoms with Crippen molar-refractivity contribution in [2.75, 3.05) is 0 Å². The van der Waals surface area contributed by atoms with E-state index in [1.54, 1.807) is 40.7 Å². The highest BCUT2D eigenvalue weighted by Crippen LogP contribution is 2.50. The Labute approximate surface area is 167 Å². The summed E-state index contributed by atoms with van der Waals surface area (Å²) in [4.78, 5) is 36.5. The Hall–Kier alpha value is -1.95. The van der Waals surface area contributed by atoms with Gasteiger partial charge in [-0.3, -0.25) is 9.59 Å². The number of carbonyl (C=O) groups excluding carboxylic acids is 3. The van der Waals surface area contributed by atoms with Crippen molar-refractivity contribution >= 4 is 17.7 Å². The molecular formula is C22H32O6. The van der Waals surface area contributed by atoms with Gasteiger partial charge in [0.1, 0.15) is 11.7 Å². The SMILES string of the molecule is C/C=C(/C)C(=O)O[C@@H]1C[C@H](C)[C@]2(O)CC(=O)C(C)=C2C[C@@H]1C(C)(C)OC(C)=O. The fraction of sp³-hybridized carbons (Fsp3) is 0.682. The minimum Gasteiger partial charge on any atom is -0.459 e. The smallest absolute Gasteiger partial charge is 0.333 e. The number of aliphatic hydroxyl groups is 1. The molecule has 2 aliphatic carbocycles. The molecule has 0 aromatic rings. The third-order valence-electron chi connectivity index (χ3n) is 6.41. The second-order valence-electron chi connectivity index (χ2n) is 8.69. The summed E-state index contributed by atoms with van der Waals surface area (Å²) < 4.78 is 11.4. The van der Waals surface area contributed by atoms with Crippen LogP contribution in [0.1, 0.15) is 67.7 Å². The van der Waals surface area contributed by atoms with Crippen LogP contribution in [-0.4, -0.2) is 40.1 Å². The molecular weight excluding hydrogens is 360 g/mol. The second-order valence-corrected chi connectivity index (χ2v) is 8.69. The summed E-state index contributed by atoms with van der Waals surface area (Å²) in [7, 11) is 0. The van der Waals surface area contributed by atoms with E-state index in [2.05, 4.69) is 0 Å². The molecule has 2 rings (SSSR count). The number of carbonyl (C=O) groups is 3. The van der Waals surface area contributed by atoms with E-state index in [1.807, 2.05) is 6.92 Å². The Morgan fingerprint density at radius 1 is 1.29 bits per heavy atom. The van der Waals surface area contributed by atoms with E-state index in [4.69, 9.17) is 9.47 Å².